The molecule has 0 amide bonds. The number of carbonyl (C=O) groups is 5. The average molecular weight is 677 g/mol. The van der Waals surface area contributed by atoms with Crippen molar-refractivity contribution >= 4 is 29.8 Å². The van der Waals surface area contributed by atoms with E-state index in [1.54, 1.807) is 6.92 Å². The fourth-order valence-electron chi connectivity index (χ4n) is 5.40. The number of aliphatic carboxylic acids is 4. The largest absolute Gasteiger partial charge is 0.481 e. The fraction of sp³-hybridized carbons (Fsp3) is 0.848. The number of aliphatic hydroxyl groups excluding tert-OH is 2. The molecular formula is C33H56O14. The second kappa shape index (κ2) is 24.3. The van der Waals surface area contributed by atoms with Crippen LogP contribution in [0, 0.1) is 11.8 Å². The van der Waals surface area contributed by atoms with E-state index in [0.29, 0.717) is 69.0 Å². The first-order valence-corrected chi connectivity index (χ1v) is 17.0. The van der Waals surface area contributed by atoms with Crippen LogP contribution in [0.2, 0.25) is 0 Å². The van der Waals surface area contributed by atoms with E-state index in [1.807, 2.05) is 0 Å². The zero-order chi connectivity index (χ0) is 35.2. The number of hydrogen-bond acceptors (Lipinski definition) is 10. The van der Waals surface area contributed by atoms with Crippen molar-refractivity contribution < 1.29 is 68.8 Å². The van der Waals surface area contributed by atoms with Gasteiger partial charge in [0.15, 0.2) is 0 Å². The smallest absolute Gasteiger partial charge is 0.309 e. The summed E-state index contributed by atoms with van der Waals surface area (Å²) in [5.74, 6) is -2.65. The topological polar surface area (TPSA) is 241 Å². The van der Waals surface area contributed by atoms with Crippen LogP contribution in [0.3, 0.4) is 0 Å². The number of aliphatic hydroxyl groups is 2. The van der Waals surface area contributed by atoms with Gasteiger partial charge in [-0.05, 0) is 83.5 Å². The third-order valence-corrected chi connectivity index (χ3v) is 8.27. The molecule has 7 unspecified atom stereocenters. The SMILES string of the molecule is CC(O)CCO.O=C(O)CCCCC(=O)O.O=C(O)CCCCCCCC(=O)O.O=C(OCC1CCC2OC2C1)C1CCC2OC2C1. The Morgan fingerprint density at radius 2 is 1.06 bits per heavy atom. The Labute approximate surface area is 276 Å². The molecule has 272 valence electrons. The van der Waals surface area contributed by atoms with Crippen LogP contribution >= 0.6 is 0 Å². The molecule has 2 aliphatic carbocycles. The lowest BCUT2D eigenvalue weighted by Crippen LogP contribution is -2.27. The lowest BCUT2D eigenvalue weighted by atomic mass is 9.89. The van der Waals surface area contributed by atoms with Crippen LogP contribution in [0.4, 0.5) is 0 Å². The normalized spacial score (nSPS) is 25.3. The average Bonchev–Trinajstić information content (AvgIpc) is 3.92. The molecule has 4 rings (SSSR count). The molecule has 2 aliphatic heterocycles. The van der Waals surface area contributed by atoms with Crippen molar-refractivity contribution in [1.82, 2.24) is 0 Å². The van der Waals surface area contributed by atoms with E-state index in [4.69, 9.17) is 44.8 Å². The maximum absolute atomic E-state index is 12.0. The first kappa shape index (κ1) is 42.2. The number of unbranched alkanes of at least 4 members (excludes halogenated alkanes) is 5. The summed E-state index contributed by atoms with van der Waals surface area (Å²) < 4.78 is 16.4. The number of fused-ring (bicyclic) bond motifs is 2. The van der Waals surface area contributed by atoms with Crippen molar-refractivity contribution in [3.8, 4) is 0 Å². The molecule has 14 nitrogen and oxygen atoms in total. The first-order valence-electron chi connectivity index (χ1n) is 17.0. The van der Waals surface area contributed by atoms with Crippen LogP contribution < -0.4 is 0 Å². The van der Waals surface area contributed by atoms with E-state index in [-0.39, 0.29) is 50.3 Å². The van der Waals surface area contributed by atoms with Gasteiger partial charge in [0.05, 0.1) is 43.0 Å². The monoisotopic (exact) mass is 676 g/mol. The van der Waals surface area contributed by atoms with Crippen LogP contribution in [0.1, 0.15) is 122 Å². The summed E-state index contributed by atoms with van der Waals surface area (Å²) in [5, 5.41) is 49.4. The van der Waals surface area contributed by atoms with Gasteiger partial charge in [-0.3, -0.25) is 24.0 Å². The van der Waals surface area contributed by atoms with E-state index in [1.165, 1.54) is 0 Å². The molecule has 0 aromatic carbocycles. The van der Waals surface area contributed by atoms with E-state index in [2.05, 4.69) is 0 Å². The molecule has 14 heteroatoms. The summed E-state index contributed by atoms with van der Waals surface area (Å²) in [4.78, 5) is 52.0. The zero-order valence-corrected chi connectivity index (χ0v) is 27.6. The lowest BCUT2D eigenvalue weighted by molar-refractivity contribution is -0.151. The number of ether oxygens (including phenoxy) is 3. The Morgan fingerprint density at radius 3 is 1.45 bits per heavy atom. The van der Waals surface area contributed by atoms with E-state index in [0.717, 1.165) is 57.8 Å². The van der Waals surface area contributed by atoms with Crippen molar-refractivity contribution in [2.45, 2.75) is 153 Å². The molecule has 0 bridgehead atoms. The highest BCUT2D eigenvalue weighted by atomic mass is 16.6. The minimum atomic E-state index is -0.870. The Morgan fingerprint density at radius 1 is 0.638 bits per heavy atom. The van der Waals surface area contributed by atoms with Crippen LogP contribution in [-0.2, 0) is 38.2 Å². The molecule has 0 aromatic rings. The Kier molecular flexibility index (Phi) is 21.9. The summed E-state index contributed by atoms with van der Waals surface area (Å²) in [5.41, 5.74) is 0. The van der Waals surface area contributed by atoms with Crippen molar-refractivity contribution in [3.05, 3.63) is 0 Å². The fourth-order valence-corrected chi connectivity index (χ4v) is 5.40. The summed E-state index contributed by atoms with van der Waals surface area (Å²) >= 11 is 0. The van der Waals surface area contributed by atoms with Crippen molar-refractivity contribution in [1.29, 1.82) is 0 Å². The van der Waals surface area contributed by atoms with Crippen LogP contribution in [0.15, 0.2) is 0 Å². The molecule has 47 heavy (non-hydrogen) atoms. The molecule has 2 saturated heterocycles. The Bertz CT molecular complexity index is 904. The maximum atomic E-state index is 12.0. The molecular weight excluding hydrogens is 620 g/mol. The van der Waals surface area contributed by atoms with Gasteiger partial charge in [-0.2, -0.15) is 0 Å². The van der Waals surface area contributed by atoms with E-state index < -0.39 is 23.9 Å². The third-order valence-electron chi connectivity index (χ3n) is 8.27. The lowest BCUT2D eigenvalue weighted by Gasteiger charge is -2.21. The quantitative estimate of drug-likeness (QED) is 0.0683. The van der Waals surface area contributed by atoms with Gasteiger partial charge in [-0.1, -0.05) is 19.3 Å². The number of hydrogen-bond donors (Lipinski definition) is 6. The second-order valence-electron chi connectivity index (χ2n) is 12.7. The van der Waals surface area contributed by atoms with Crippen molar-refractivity contribution in [2.24, 2.45) is 11.8 Å². The molecule has 4 aliphatic rings. The third kappa shape index (κ3) is 23.2. The van der Waals surface area contributed by atoms with Gasteiger partial charge in [-0.25, -0.2) is 0 Å². The first-order chi connectivity index (χ1) is 22.3. The maximum Gasteiger partial charge on any atom is 0.309 e. The van der Waals surface area contributed by atoms with Gasteiger partial charge >= 0.3 is 29.8 Å². The number of rotatable bonds is 18. The molecule has 2 heterocycles. The predicted octanol–water partition coefficient (Wildman–Crippen LogP) is 4.02. The predicted molar refractivity (Wildman–Crippen MR) is 168 cm³/mol. The van der Waals surface area contributed by atoms with Crippen LogP contribution in [0.25, 0.3) is 0 Å². The summed E-state index contributed by atoms with van der Waals surface area (Å²) in [6, 6.07) is 0. The van der Waals surface area contributed by atoms with Crippen molar-refractivity contribution in [3.63, 3.8) is 0 Å². The molecule has 6 N–H and O–H groups in total. The van der Waals surface area contributed by atoms with Gasteiger partial charge in [0, 0.05) is 32.3 Å². The van der Waals surface area contributed by atoms with Gasteiger partial charge < -0.3 is 44.8 Å². The molecule has 4 fully saturated rings. The molecule has 7 atom stereocenters. The van der Waals surface area contributed by atoms with E-state index >= 15 is 0 Å². The number of esters is 1. The highest BCUT2D eigenvalue weighted by Gasteiger charge is 2.47. The molecule has 0 radical (unpaired) electrons. The standard InChI is InChI=1S/C14H20O4.C9H16O4.C6H10O4.C4H10O2/c15-14(9-2-4-11-13(6-9)18-11)16-7-8-1-3-10-12(5-8)17-10;10-8(11)6-4-2-1-3-5-7-9(12)13;7-5(8)3-1-2-4-6(9)10;1-4(6)2-3-5/h8-13H,1-7H2;1-7H2,(H,10,11)(H,12,13);1-4H2,(H,7,8)(H,9,10);4-6H,2-3H2,1H3. The highest BCUT2D eigenvalue weighted by Crippen LogP contribution is 2.41. The van der Waals surface area contributed by atoms with Gasteiger partial charge in [-0.15, -0.1) is 0 Å². The van der Waals surface area contributed by atoms with E-state index in [9.17, 15) is 24.0 Å². The molecule has 0 aromatic heterocycles. The zero-order valence-electron chi connectivity index (χ0n) is 27.6. The Balaban J connectivity index is 0.000000339. The number of carbonyl (C=O) groups excluding carboxylic acids is 1. The van der Waals surface area contributed by atoms with Gasteiger partial charge in [0.1, 0.15) is 0 Å². The molecule has 2 saturated carbocycles. The van der Waals surface area contributed by atoms with Crippen LogP contribution in [-0.4, -0.2) is 104 Å². The summed E-state index contributed by atoms with van der Waals surface area (Å²) in [7, 11) is 0. The van der Waals surface area contributed by atoms with Crippen LogP contribution in [0.5, 0.6) is 0 Å². The number of carboxylic acids is 4. The number of carboxylic acid groups (broad SMARTS) is 4. The van der Waals surface area contributed by atoms with Crippen molar-refractivity contribution in [2.75, 3.05) is 13.2 Å². The summed E-state index contributed by atoms with van der Waals surface area (Å²) in [6.07, 6.45) is 13.7. The van der Waals surface area contributed by atoms with Gasteiger partial charge in [0.2, 0.25) is 0 Å². The minimum absolute atomic E-state index is 0.00258. The Hall–Kier alpha value is -2.81. The molecule has 0 spiro atoms. The second-order valence-corrected chi connectivity index (χ2v) is 12.7. The highest BCUT2D eigenvalue weighted by molar-refractivity contribution is 5.72. The van der Waals surface area contributed by atoms with Gasteiger partial charge in [0.25, 0.3) is 0 Å². The summed E-state index contributed by atoms with van der Waals surface area (Å²) in [6.45, 7) is 2.32. The number of epoxide rings is 2. The minimum Gasteiger partial charge on any atom is -0.481 e.